The molecule has 0 spiro atoms. The normalized spacial score (nSPS) is 11.3. The van der Waals surface area contributed by atoms with Gasteiger partial charge >= 0.3 is 0 Å². The molecule has 1 aromatic rings. The van der Waals surface area contributed by atoms with Crippen LogP contribution in [-0.2, 0) is 10.3 Å². The van der Waals surface area contributed by atoms with E-state index in [1.165, 1.54) is 0 Å². The number of amides is 1. The van der Waals surface area contributed by atoms with Gasteiger partial charge in [-0.05, 0) is 37.6 Å². The Kier molecular flexibility index (Phi) is 4.39. The van der Waals surface area contributed by atoms with E-state index in [0.29, 0.717) is 11.4 Å². The van der Waals surface area contributed by atoms with Crippen molar-refractivity contribution in [1.29, 1.82) is 0 Å². The van der Waals surface area contributed by atoms with Crippen LogP contribution in [-0.4, -0.2) is 5.91 Å². The Balaban J connectivity index is 3.05. The van der Waals surface area contributed by atoms with Crippen LogP contribution in [0.15, 0.2) is 22.7 Å². The van der Waals surface area contributed by atoms with Crippen molar-refractivity contribution in [2.24, 2.45) is 0 Å². The summed E-state index contributed by atoms with van der Waals surface area (Å²) in [4.78, 5) is 11.4. The molecule has 0 aromatic heterocycles. The van der Waals surface area contributed by atoms with Crippen LogP contribution in [0.1, 0.15) is 32.8 Å². The van der Waals surface area contributed by atoms with Crippen LogP contribution < -0.4 is 5.32 Å². The third-order valence-electron chi connectivity index (χ3n) is 2.37. The summed E-state index contributed by atoms with van der Waals surface area (Å²) >= 11 is 9.54. The zero-order valence-corrected chi connectivity index (χ0v) is 11.9. The third kappa shape index (κ3) is 3.22. The highest BCUT2D eigenvalue weighted by Gasteiger charge is 2.24. The van der Waals surface area contributed by atoms with Gasteiger partial charge in [-0.15, -0.1) is 0 Å². The van der Waals surface area contributed by atoms with E-state index in [-0.39, 0.29) is 5.91 Å². The number of rotatable bonds is 3. The number of hydrogen-bond donors (Lipinski definition) is 1. The van der Waals surface area contributed by atoms with E-state index in [0.717, 1.165) is 10.0 Å². The molecular formula is C12H15BrClNO. The summed E-state index contributed by atoms with van der Waals surface area (Å²) in [7, 11) is 0. The van der Waals surface area contributed by atoms with Crippen LogP contribution in [0.5, 0.6) is 0 Å². The first kappa shape index (κ1) is 13.5. The highest BCUT2D eigenvalue weighted by atomic mass is 79.9. The second-order valence-electron chi connectivity index (χ2n) is 4.15. The Morgan fingerprint density at radius 1 is 1.50 bits per heavy atom. The monoisotopic (exact) mass is 303 g/mol. The predicted octanol–water partition coefficient (Wildman–Crippen LogP) is 3.86. The summed E-state index contributed by atoms with van der Waals surface area (Å²) in [6.07, 6.45) is 0.467. The zero-order chi connectivity index (χ0) is 12.3. The number of hydrogen-bond acceptors (Lipinski definition) is 1. The molecule has 1 aromatic carbocycles. The quantitative estimate of drug-likeness (QED) is 0.902. The first-order valence-corrected chi connectivity index (χ1v) is 6.30. The van der Waals surface area contributed by atoms with Crippen LogP contribution in [0, 0.1) is 0 Å². The molecule has 16 heavy (non-hydrogen) atoms. The van der Waals surface area contributed by atoms with E-state index in [1.807, 2.05) is 39.0 Å². The highest BCUT2D eigenvalue weighted by Crippen LogP contribution is 2.30. The minimum absolute atomic E-state index is 0.0149. The maximum Gasteiger partial charge on any atom is 0.220 e. The Labute approximate surface area is 110 Å². The molecule has 0 saturated carbocycles. The molecule has 0 fully saturated rings. The van der Waals surface area contributed by atoms with Crippen molar-refractivity contribution in [3.63, 3.8) is 0 Å². The lowest BCUT2D eigenvalue weighted by atomic mass is 9.94. The van der Waals surface area contributed by atoms with Gasteiger partial charge in [0.2, 0.25) is 5.91 Å². The smallest absolute Gasteiger partial charge is 0.220 e. The van der Waals surface area contributed by atoms with E-state index in [4.69, 9.17) is 11.6 Å². The number of halogens is 2. The van der Waals surface area contributed by atoms with E-state index >= 15 is 0 Å². The lowest BCUT2D eigenvalue weighted by Crippen LogP contribution is -2.40. The van der Waals surface area contributed by atoms with Gasteiger partial charge in [-0.1, -0.05) is 34.5 Å². The van der Waals surface area contributed by atoms with Crippen LogP contribution in [0.2, 0.25) is 5.02 Å². The van der Waals surface area contributed by atoms with Crippen molar-refractivity contribution in [3.05, 3.63) is 33.3 Å². The van der Waals surface area contributed by atoms with E-state index < -0.39 is 5.54 Å². The van der Waals surface area contributed by atoms with Gasteiger partial charge in [0, 0.05) is 15.9 Å². The fraction of sp³-hybridized carbons (Fsp3) is 0.417. The molecule has 0 aliphatic heterocycles. The fourth-order valence-electron chi connectivity index (χ4n) is 1.48. The average molecular weight is 305 g/mol. The summed E-state index contributed by atoms with van der Waals surface area (Å²) < 4.78 is 0.950. The standard InChI is InChI=1S/C12H15BrClNO/c1-4-11(16)15-12(2,3)9-7-8(13)5-6-10(9)14/h5-7H,4H2,1-3H3,(H,15,16). The summed E-state index contributed by atoms with van der Waals surface area (Å²) in [5, 5.41) is 3.60. The Morgan fingerprint density at radius 2 is 2.12 bits per heavy atom. The van der Waals surface area contributed by atoms with Gasteiger partial charge in [-0.2, -0.15) is 0 Å². The molecule has 0 heterocycles. The SMILES string of the molecule is CCC(=O)NC(C)(C)c1cc(Br)ccc1Cl. The van der Waals surface area contributed by atoms with Gasteiger partial charge in [0.15, 0.2) is 0 Å². The molecule has 88 valence electrons. The van der Waals surface area contributed by atoms with Crippen molar-refractivity contribution in [3.8, 4) is 0 Å². The first-order chi connectivity index (χ1) is 7.36. The van der Waals surface area contributed by atoms with E-state index in [9.17, 15) is 4.79 Å². The van der Waals surface area contributed by atoms with Gasteiger partial charge in [0.1, 0.15) is 0 Å². The first-order valence-electron chi connectivity index (χ1n) is 5.13. The van der Waals surface area contributed by atoms with Gasteiger partial charge in [0.05, 0.1) is 5.54 Å². The van der Waals surface area contributed by atoms with E-state index in [2.05, 4.69) is 21.2 Å². The lowest BCUT2D eigenvalue weighted by molar-refractivity contribution is -0.122. The van der Waals surface area contributed by atoms with Gasteiger partial charge < -0.3 is 5.32 Å². The third-order valence-corrected chi connectivity index (χ3v) is 3.20. The molecule has 0 radical (unpaired) electrons. The summed E-state index contributed by atoms with van der Waals surface area (Å²) in [5.41, 5.74) is 0.443. The van der Waals surface area contributed by atoms with Gasteiger partial charge in [0.25, 0.3) is 0 Å². The molecule has 2 nitrogen and oxygen atoms in total. The fourth-order valence-corrected chi connectivity index (χ4v) is 2.20. The number of carbonyl (C=O) groups is 1. The molecule has 0 atom stereocenters. The molecule has 1 N–H and O–H groups in total. The molecular weight excluding hydrogens is 289 g/mol. The summed E-state index contributed by atoms with van der Waals surface area (Å²) in [5.74, 6) is 0.0149. The van der Waals surface area contributed by atoms with Crippen LogP contribution >= 0.6 is 27.5 Å². The molecule has 0 aliphatic carbocycles. The van der Waals surface area contributed by atoms with Crippen molar-refractivity contribution < 1.29 is 4.79 Å². The summed E-state index contributed by atoms with van der Waals surface area (Å²) in [6, 6.07) is 5.63. The predicted molar refractivity (Wildman–Crippen MR) is 70.6 cm³/mol. The highest BCUT2D eigenvalue weighted by molar-refractivity contribution is 9.10. The van der Waals surface area contributed by atoms with Crippen LogP contribution in [0.4, 0.5) is 0 Å². The molecule has 0 unspecified atom stereocenters. The Hall–Kier alpha value is -0.540. The minimum Gasteiger partial charge on any atom is -0.347 e. The van der Waals surface area contributed by atoms with Crippen molar-refractivity contribution in [2.75, 3.05) is 0 Å². The molecule has 0 bridgehead atoms. The maximum absolute atomic E-state index is 11.4. The average Bonchev–Trinajstić information content (AvgIpc) is 2.20. The second-order valence-corrected chi connectivity index (χ2v) is 5.47. The maximum atomic E-state index is 11.4. The zero-order valence-electron chi connectivity index (χ0n) is 9.60. The van der Waals surface area contributed by atoms with Gasteiger partial charge in [-0.3, -0.25) is 4.79 Å². The Bertz CT molecular complexity index is 404. The number of benzene rings is 1. The van der Waals surface area contributed by atoms with Crippen molar-refractivity contribution in [2.45, 2.75) is 32.7 Å². The molecule has 0 aliphatic rings. The van der Waals surface area contributed by atoms with E-state index in [1.54, 1.807) is 0 Å². The number of nitrogens with one attached hydrogen (secondary N) is 1. The minimum atomic E-state index is -0.464. The lowest BCUT2D eigenvalue weighted by Gasteiger charge is -2.28. The van der Waals surface area contributed by atoms with Gasteiger partial charge in [-0.25, -0.2) is 0 Å². The van der Waals surface area contributed by atoms with Crippen molar-refractivity contribution in [1.82, 2.24) is 5.32 Å². The summed E-state index contributed by atoms with van der Waals surface area (Å²) in [6.45, 7) is 5.70. The van der Waals surface area contributed by atoms with Crippen molar-refractivity contribution >= 4 is 33.4 Å². The topological polar surface area (TPSA) is 29.1 Å². The Morgan fingerprint density at radius 3 is 2.69 bits per heavy atom. The molecule has 0 saturated heterocycles. The molecule has 1 rings (SSSR count). The molecule has 1 amide bonds. The largest absolute Gasteiger partial charge is 0.347 e. The van der Waals surface area contributed by atoms with Crippen LogP contribution in [0.25, 0.3) is 0 Å². The second kappa shape index (κ2) is 5.19. The molecule has 4 heteroatoms. The number of carbonyl (C=O) groups excluding carboxylic acids is 1. The van der Waals surface area contributed by atoms with Crippen LogP contribution in [0.3, 0.4) is 0 Å².